The zero-order valence-electron chi connectivity index (χ0n) is 12.3. The predicted octanol–water partition coefficient (Wildman–Crippen LogP) is 2.89. The summed E-state index contributed by atoms with van der Waals surface area (Å²) < 4.78 is 0. The van der Waals surface area contributed by atoms with E-state index in [4.69, 9.17) is 0 Å². The van der Waals surface area contributed by atoms with E-state index in [1.807, 2.05) is 37.3 Å². The number of urea groups is 1. The second kappa shape index (κ2) is 5.65. The standard InChI is InChI=1S/C16H22N2O2/c1-12(2)8-7-11-18-15(20)17-14(19)16(18,3)13-9-5-4-6-10-13/h4-6,9-10,12H,7-8,11H2,1-3H3,(H,17,19,20). The van der Waals surface area contributed by atoms with Crippen molar-refractivity contribution in [3.8, 4) is 0 Å². The molecule has 1 unspecified atom stereocenters. The van der Waals surface area contributed by atoms with Gasteiger partial charge in [0, 0.05) is 6.54 Å². The van der Waals surface area contributed by atoms with Crippen molar-refractivity contribution in [3.63, 3.8) is 0 Å². The molecule has 0 spiro atoms. The molecule has 0 saturated carbocycles. The molecule has 20 heavy (non-hydrogen) atoms. The van der Waals surface area contributed by atoms with Crippen LogP contribution in [0, 0.1) is 5.92 Å². The maximum Gasteiger partial charge on any atom is 0.325 e. The summed E-state index contributed by atoms with van der Waals surface area (Å²) in [7, 11) is 0. The number of nitrogens with one attached hydrogen (secondary N) is 1. The molecule has 1 atom stereocenters. The van der Waals surface area contributed by atoms with E-state index in [0.29, 0.717) is 12.5 Å². The summed E-state index contributed by atoms with van der Waals surface area (Å²) in [5, 5.41) is 2.44. The molecule has 1 aromatic rings. The Balaban J connectivity index is 2.23. The first-order chi connectivity index (χ1) is 9.46. The molecule has 1 aromatic carbocycles. The summed E-state index contributed by atoms with van der Waals surface area (Å²) in [5.74, 6) is 0.359. The molecule has 4 nitrogen and oxygen atoms in total. The Kier molecular flexibility index (Phi) is 4.12. The van der Waals surface area contributed by atoms with Crippen LogP contribution in [0.15, 0.2) is 30.3 Å². The van der Waals surface area contributed by atoms with Crippen molar-refractivity contribution < 1.29 is 9.59 Å². The summed E-state index contributed by atoms with van der Waals surface area (Å²) in [6, 6.07) is 9.20. The highest BCUT2D eigenvalue weighted by atomic mass is 16.2. The van der Waals surface area contributed by atoms with E-state index in [1.165, 1.54) is 0 Å². The number of carbonyl (C=O) groups excluding carboxylic acids is 2. The molecule has 1 fully saturated rings. The second-order valence-electron chi connectivity index (χ2n) is 5.89. The zero-order chi connectivity index (χ0) is 14.8. The quantitative estimate of drug-likeness (QED) is 0.839. The zero-order valence-corrected chi connectivity index (χ0v) is 12.3. The minimum Gasteiger partial charge on any atom is -0.306 e. The smallest absolute Gasteiger partial charge is 0.306 e. The van der Waals surface area contributed by atoms with Gasteiger partial charge in [0.25, 0.3) is 5.91 Å². The van der Waals surface area contributed by atoms with Gasteiger partial charge in [-0.3, -0.25) is 10.1 Å². The lowest BCUT2D eigenvalue weighted by atomic mass is 9.90. The maximum atomic E-state index is 12.2. The number of nitrogens with zero attached hydrogens (tertiary/aromatic N) is 1. The highest BCUT2D eigenvalue weighted by Crippen LogP contribution is 2.33. The van der Waals surface area contributed by atoms with Crippen LogP contribution in [-0.4, -0.2) is 23.4 Å². The summed E-state index contributed by atoms with van der Waals surface area (Å²) in [4.78, 5) is 25.9. The van der Waals surface area contributed by atoms with Crippen molar-refractivity contribution in [3.05, 3.63) is 35.9 Å². The average Bonchev–Trinajstić information content (AvgIpc) is 2.63. The van der Waals surface area contributed by atoms with E-state index in [1.54, 1.807) is 4.90 Å². The first-order valence-corrected chi connectivity index (χ1v) is 7.15. The lowest BCUT2D eigenvalue weighted by Gasteiger charge is -2.32. The third-order valence-electron chi connectivity index (χ3n) is 3.95. The van der Waals surface area contributed by atoms with Gasteiger partial charge >= 0.3 is 6.03 Å². The van der Waals surface area contributed by atoms with Crippen molar-refractivity contribution in [1.29, 1.82) is 0 Å². The van der Waals surface area contributed by atoms with Gasteiger partial charge in [-0.1, -0.05) is 44.2 Å². The highest BCUT2D eigenvalue weighted by Gasteiger charge is 2.49. The number of hydrogen-bond donors (Lipinski definition) is 1. The van der Waals surface area contributed by atoms with Gasteiger partial charge in [-0.05, 0) is 31.2 Å². The van der Waals surface area contributed by atoms with Crippen LogP contribution in [0.5, 0.6) is 0 Å². The van der Waals surface area contributed by atoms with Crippen LogP contribution in [0.25, 0.3) is 0 Å². The number of amides is 3. The van der Waals surface area contributed by atoms with Crippen molar-refractivity contribution >= 4 is 11.9 Å². The summed E-state index contributed by atoms with van der Waals surface area (Å²) in [6.45, 7) is 6.73. The molecule has 1 aliphatic rings. The molecule has 2 rings (SSSR count). The van der Waals surface area contributed by atoms with Gasteiger partial charge < -0.3 is 4.90 Å². The SMILES string of the molecule is CC(C)CCCN1C(=O)NC(=O)C1(C)c1ccccc1. The lowest BCUT2D eigenvalue weighted by molar-refractivity contribution is -0.126. The molecule has 0 aliphatic carbocycles. The third-order valence-corrected chi connectivity index (χ3v) is 3.95. The van der Waals surface area contributed by atoms with Gasteiger partial charge in [0.15, 0.2) is 0 Å². The molecule has 3 amide bonds. The molecule has 0 radical (unpaired) electrons. The fourth-order valence-electron chi connectivity index (χ4n) is 2.64. The molecule has 1 heterocycles. The predicted molar refractivity (Wildman–Crippen MR) is 78.1 cm³/mol. The fraction of sp³-hybridized carbons (Fsp3) is 0.500. The topological polar surface area (TPSA) is 49.4 Å². The molecule has 1 aliphatic heterocycles. The number of rotatable bonds is 5. The number of hydrogen-bond acceptors (Lipinski definition) is 2. The molecule has 1 N–H and O–H groups in total. The molecule has 108 valence electrons. The van der Waals surface area contributed by atoms with Crippen LogP contribution in [0.4, 0.5) is 4.79 Å². The third kappa shape index (κ3) is 2.55. The Hall–Kier alpha value is -1.84. The van der Waals surface area contributed by atoms with E-state index in [0.717, 1.165) is 18.4 Å². The van der Waals surface area contributed by atoms with Gasteiger partial charge in [0.1, 0.15) is 5.54 Å². The van der Waals surface area contributed by atoms with Crippen molar-refractivity contribution in [2.45, 2.75) is 39.2 Å². The number of carbonyl (C=O) groups is 2. The van der Waals surface area contributed by atoms with E-state index in [2.05, 4.69) is 19.2 Å². The van der Waals surface area contributed by atoms with Gasteiger partial charge in [0.05, 0.1) is 0 Å². The molecule has 0 aromatic heterocycles. The van der Waals surface area contributed by atoms with Crippen LogP contribution < -0.4 is 5.32 Å². The van der Waals surface area contributed by atoms with Gasteiger partial charge in [-0.2, -0.15) is 0 Å². The van der Waals surface area contributed by atoms with Crippen LogP contribution in [0.2, 0.25) is 0 Å². The molecule has 4 heteroatoms. The summed E-state index contributed by atoms with van der Waals surface area (Å²) in [5.41, 5.74) is -0.0390. The first kappa shape index (κ1) is 14.6. The van der Waals surface area contributed by atoms with Crippen molar-refractivity contribution in [1.82, 2.24) is 10.2 Å². The fourth-order valence-corrected chi connectivity index (χ4v) is 2.64. The van der Waals surface area contributed by atoms with E-state index in [9.17, 15) is 9.59 Å². The van der Waals surface area contributed by atoms with Crippen molar-refractivity contribution in [2.24, 2.45) is 5.92 Å². The molecule has 1 saturated heterocycles. The van der Waals surface area contributed by atoms with Crippen LogP contribution in [0.1, 0.15) is 39.2 Å². The van der Waals surface area contributed by atoms with Gasteiger partial charge in [-0.15, -0.1) is 0 Å². The van der Waals surface area contributed by atoms with Gasteiger partial charge in [-0.25, -0.2) is 4.79 Å². The van der Waals surface area contributed by atoms with Crippen LogP contribution >= 0.6 is 0 Å². The Labute approximate surface area is 120 Å². The minimum atomic E-state index is -0.894. The number of imide groups is 1. The van der Waals surface area contributed by atoms with Gasteiger partial charge in [0.2, 0.25) is 0 Å². The Bertz CT molecular complexity index is 498. The monoisotopic (exact) mass is 274 g/mol. The highest BCUT2D eigenvalue weighted by molar-refractivity contribution is 6.07. The average molecular weight is 274 g/mol. The Morgan fingerprint density at radius 2 is 1.85 bits per heavy atom. The molecular formula is C16H22N2O2. The largest absolute Gasteiger partial charge is 0.325 e. The maximum absolute atomic E-state index is 12.2. The van der Waals surface area contributed by atoms with Crippen LogP contribution in [0.3, 0.4) is 0 Å². The Morgan fingerprint density at radius 1 is 1.20 bits per heavy atom. The second-order valence-corrected chi connectivity index (χ2v) is 5.89. The normalized spacial score (nSPS) is 22.5. The first-order valence-electron chi connectivity index (χ1n) is 7.15. The van der Waals surface area contributed by atoms with Crippen molar-refractivity contribution in [2.75, 3.05) is 6.54 Å². The Morgan fingerprint density at radius 3 is 2.45 bits per heavy atom. The van der Waals surface area contributed by atoms with E-state index in [-0.39, 0.29) is 11.9 Å². The summed E-state index contributed by atoms with van der Waals surface area (Å²) >= 11 is 0. The molecule has 0 bridgehead atoms. The lowest BCUT2D eigenvalue weighted by Crippen LogP contribution is -2.44. The summed E-state index contributed by atoms with van der Waals surface area (Å²) in [6.07, 6.45) is 1.95. The minimum absolute atomic E-state index is 0.238. The van der Waals surface area contributed by atoms with Crippen LogP contribution in [-0.2, 0) is 10.3 Å². The molecular weight excluding hydrogens is 252 g/mol. The number of benzene rings is 1. The van der Waals surface area contributed by atoms with E-state index >= 15 is 0 Å². The van der Waals surface area contributed by atoms with E-state index < -0.39 is 5.54 Å².